The molecule has 30 heavy (non-hydrogen) atoms. The van der Waals surface area contributed by atoms with Gasteiger partial charge in [-0.1, -0.05) is 11.8 Å². The van der Waals surface area contributed by atoms with Crippen molar-refractivity contribution in [2.24, 2.45) is 0 Å². The predicted molar refractivity (Wildman–Crippen MR) is 120 cm³/mol. The average Bonchev–Trinajstić information content (AvgIpc) is 3.31. The largest absolute Gasteiger partial charge is 0.497 e. The highest BCUT2D eigenvalue weighted by atomic mass is 32.2. The van der Waals surface area contributed by atoms with E-state index in [0.717, 1.165) is 32.0 Å². The normalized spacial score (nSPS) is 11.5. The van der Waals surface area contributed by atoms with Crippen LogP contribution in [0, 0.1) is 13.8 Å². The van der Waals surface area contributed by atoms with Crippen LogP contribution < -0.4 is 10.3 Å². The second kappa shape index (κ2) is 8.23. The summed E-state index contributed by atoms with van der Waals surface area (Å²) in [6.07, 6.45) is 0. The Hall–Kier alpha value is -2.65. The predicted octanol–water partition coefficient (Wildman–Crippen LogP) is 5.01. The first-order chi connectivity index (χ1) is 14.4. The van der Waals surface area contributed by atoms with Crippen molar-refractivity contribution >= 4 is 33.3 Å². The second-order valence-corrected chi connectivity index (χ2v) is 9.29. The molecular formula is C21H22N4O3S2. The van der Waals surface area contributed by atoms with Crippen LogP contribution in [0.4, 0.5) is 0 Å². The fourth-order valence-corrected chi connectivity index (χ4v) is 5.17. The Bertz CT molecular complexity index is 1260. The Morgan fingerprint density at radius 2 is 1.93 bits per heavy atom. The van der Waals surface area contributed by atoms with Crippen LogP contribution in [0.2, 0.25) is 0 Å². The number of benzene rings is 1. The number of fused-ring (bicyclic) bond motifs is 1. The lowest BCUT2D eigenvalue weighted by molar-refractivity contribution is 0.415. The monoisotopic (exact) mass is 442 g/mol. The number of ether oxygens (including phenoxy) is 1. The summed E-state index contributed by atoms with van der Waals surface area (Å²) in [5, 5.41) is 9.66. The van der Waals surface area contributed by atoms with Gasteiger partial charge in [-0.25, -0.2) is 4.98 Å². The lowest BCUT2D eigenvalue weighted by Gasteiger charge is -2.14. The molecule has 0 N–H and O–H groups in total. The number of hydrogen-bond donors (Lipinski definition) is 0. The van der Waals surface area contributed by atoms with E-state index < -0.39 is 0 Å². The molecule has 0 radical (unpaired) electrons. The number of thioether (sulfide) groups is 1. The quantitative estimate of drug-likeness (QED) is 0.307. The summed E-state index contributed by atoms with van der Waals surface area (Å²) in [5.74, 6) is 2.12. The summed E-state index contributed by atoms with van der Waals surface area (Å²) in [5.41, 5.74) is 1.84. The summed E-state index contributed by atoms with van der Waals surface area (Å²) in [4.78, 5) is 19.8. The lowest BCUT2D eigenvalue weighted by atomic mass is 10.2. The fraction of sp³-hybridized carbons (Fsp3) is 0.333. The first-order valence-corrected chi connectivity index (χ1v) is 11.3. The smallest absolute Gasteiger partial charge is 0.263 e. The van der Waals surface area contributed by atoms with E-state index in [0.29, 0.717) is 22.7 Å². The molecule has 0 aliphatic rings. The van der Waals surface area contributed by atoms with Gasteiger partial charge in [-0.3, -0.25) is 9.36 Å². The number of methoxy groups -OCH3 is 1. The molecule has 1 aromatic carbocycles. The highest BCUT2D eigenvalue weighted by Gasteiger charge is 2.19. The fourth-order valence-electron chi connectivity index (χ4n) is 3.13. The average molecular weight is 443 g/mol. The van der Waals surface area contributed by atoms with Crippen molar-refractivity contribution in [3.63, 3.8) is 0 Å². The van der Waals surface area contributed by atoms with Gasteiger partial charge in [0.1, 0.15) is 10.6 Å². The van der Waals surface area contributed by atoms with Crippen molar-refractivity contribution in [3.8, 4) is 17.2 Å². The van der Waals surface area contributed by atoms with Gasteiger partial charge in [0.25, 0.3) is 5.56 Å². The van der Waals surface area contributed by atoms with Crippen LogP contribution in [0.1, 0.15) is 36.2 Å². The Morgan fingerprint density at radius 1 is 1.20 bits per heavy atom. The molecule has 3 aromatic heterocycles. The highest BCUT2D eigenvalue weighted by molar-refractivity contribution is 7.98. The molecular weight excluding hydrogens is 420 g/mol. The Balaban J connectivity index is 1.61. The molecule has 4 aromatic rings. The molecule has 0 fully saturated rings. The molecule has 0 saturated carbocycles. The first kappa shape index (κ1) is 20.6. The van der Waals surface area contributed by atoms with Gasteiger partial charge in [0.05, 0.1) is 18.2 Å². The molecule has 0 atom stereocenters. The van der Waals surface area contributed by atoms with E-state index in [-0.39, 0.29) is 11.6 Å². The summed E-state index contributed by atoms with van der Waals surface area (Å²) < 4.78 is 12.7. The summed E-state index contributed by atoms with van der Waals surface area (Å²) in [7, 11) is 1.62. The minimum atomic E-state index is -0.00551. The lowest BCUT2D eigenvalue weighted by Crippen LogP contribution is -2.24. The molecule has 3 heterocycles. The Labute approximate surface area is 182 Å². The summed E-state index contributed by atoms with van der Waals surface area (Å²) in [6.45, 7) is 7.98. The summed E-state index contributed by atoms with van der Waals surface area (Å²) in [6, 6.07) is 7.43. The van der Waals surface area contributed by atoms with Gasteiger partial charge in [0.2, 0.25) is 11.8 Å². The number of aromatic nitrogens is 4. The van der Waals surface area contributed by atoms with Crippen LogP contribution in [0.25, 0.3) is 21.7 Å². The molecule has 0 aliphatic heterocycles. The SMILES string of the molecule is COc1ccc(-c2nnc(CSc3nc4sc(C)c(C)c4c(=O)n3C(C)C)o2)cc1. The van der Waals surface area contributed by atoms with Crippen LogP contribution in [0.3, 0.4) is 0 Å². The number of rotatable bonds is 6. The number of nitrogens with zero attached hydrogens (tertiary/aromatic N) is 4. The van der Waals surface area contributed by atoms with Gasteiger partial charge in [-0.05, 0) is 57.5 Å². The van der Waals surface area contributed by atoms with Crippen molar-refractivity contribution in [1.29, 1.82) is 0 Å². The van der Waals surface area contributed by atoms with Gasteiger partial charge < -0.3 is 9.15 Å². The molecule has 0 spiro atoms. The zero-order chi connectivity index (χ0) is 21.4. The molecule has 0 amide bonds. The minimum absolute atomic E-state index is 0.00352. The zero-order valence-electron chi connectivity index (χ0n) is 17.4. The minimum Gasteiger partial charge on any atom is -0.497 e. The van der Waals surface area contributed by atoms with Crippen molar-refractivity contribution in [2.75, 3.05) is 7.11 Å². The maximum Gasteiger partial charge on any atom is 0.263 e. The molecule has 4 rings (SSSR count). The highest BCUT2D eigenvalue weighted by Crippen LogP contribution is 2.31. The van der Waals surface area contributed by atoms with Crippen LogP contribution in [-0.2, 0) is 5.75 Å². The number of thiophene rings is 1. The van der Waals surface area contributed by atoms with Gasteiger partial charge >= 0.3 is 0 Å². The van der Waals surface area contributed by atoms with E-state index in [1.165, 1.54) is 11.8 Å². The standard InChI is InChI=1S/C21H22N4O3S2/c1-11(2)25-20(26)17-12(3)13(4)30-19(17)22-21(25)29-10-16-23-24-18(28-16)14-6-8-15(27-5)9-7-14/h6-9,11H,10H2,1-5H3. The van der Waals surface area contributed by atoms with Gasteiger partial charge in [0.15, 0.2) is 5.16 Å². The maximum atomic E-state index is 13.1. The topological polar surface area (TPSA) is 83.0 Å². The van der Waals surface area contributed by atoms with Crippen LogP contribution in [0.5, 0.6) is 5.75 Å². The van der Waals surface area contributed by atoms with E-state index in [1.807, 2.05) is 52.0 Å². The van der Waals surface area contributed by atoms with E-state index in [9.17, 15) is 4.79 Å². The van der Waals surface area contributed by atoms with E-state index >= 15 is 0 Å². The van der Waals surface area contributed by atoms with Crippen molar-refractivity contribution in [2.45, 2.75) is 44.6 Å². The van der Waals surface area contributed by atoms with Crippen LogP contribution >= 0.6 is 23.1 Å². The molecule has 156 valence electrons. The van der Waals surface area contributed by atoms with E-state index in [1.54, 1.807) is 23.0 Å². The van der Waals surface area contributed by atoms with Crippen molar-refractivity contribution in [1.82, 2.24) is 19.7 Å². The van der Waals surface area contributed by atoms with Gasteiger partial charge in [-0.15, -0.1) is 21.5 Å². The van der Waals surface area contributed by atoms with E-state index in [4.69, 9.17) is 14.1 Å². The molecule has 0 aliphatic carbocycles. The molecule has 9 heteroatoms. The molecule has 0 bridgehead atoms. The Kier molecular flexibility index (Phi) is 5.66. The summed E-state index contributed by atoms with van der Waals surface area (Å²) >= 11 is 2.98. The molecule has 0 saturated heterocycles. The zero-order valence-corrected chi connectivity index (χ0v) is 19.1. The number of hydrogen-bond acceptors (Lipinski definition) is 8. The van der Waals surface area contributed by atoms with Crippen LogP contribution in [0.15, 0.2) is 38.6 Å². The Morgan fingerprint density at radius 3 is 2.60 bits per heavy atom. The number of aryl methyl sites for hydroxylation is 2. The van der Waals surface area contributed by atoms with E-state index in [2.05, 4.69) is 10.2 Å². The first-order valence-electron chi connectivity index (χ1n) is 9.51. The van der Waals surface area contributed by atoms with Gasteiger partial charge in [0, 0.05) is 16.5 Å². The third-order valence-electron chi connectivity index (χ3n) is 4.85. The van der Waals surface area contributed by atoms with Crippen LogP contribution in [-0.4, -0.2) is 26.9 Å². The second-order valence-electron chi connectivity index (χ2n) is 7.14. The molecule has 0 unspecified atom stereocenters. The maximum absolute atomic E-state index is 13.1. The van der Waals surface area contributed by atoms with Gasteiger partial charge in [-0.2, -0.15) is 0 Å². The third kappa shape index (κ3) is 3.75. The molecule has 7 nitrogen and oxygen atoms in total. The third-order valence-corrected chi connectivity index (χ3v) is 6.89. The van der Waals surface area contributed by atoms with Crippen molar-refractivity contribution in [3.05, 3.63) is 51.0 Å². The van der Waals surface area contributed by atoms with Crippen molar-refractivity contribution < 1.29 is 9.15 Å².